The van der Waals surface area contributed by atoms with Crippen LogP contribution in [0.15, 0.2) is 12.1 Å². The molecule has 0 spiro atoms. The van der Waals surface area contributed by atoms with E-state index in [1.54, 1.807) is 0 Å². The minimum absolute atomic E-state index is 0.0420. The zero-order valence-electron chi connectivity index (χ0n) is 7.61. The summed E-state index contributed by atoms with van der Waals surface area (Å²) in [5, 5.41) is 0. The van der Waals surface area contributed by atoms with E-state index in [2.05, 4.69) is 0 Å². The fourth-order valence-corrected chi connectivity index (χ4v) is 1.82. The van der Waals surface area contributed by atoms with E-state index >= 15 is 0 Å². The Hall–Kier alpha value is -1.19. The Bertz CT molecular complexity index is 374. The topological polar surface area (TPSA) is 9.23 Å². The van der Waals surface area contributed by atoms with Crippen LogP contribution in [0.3, 0.4) is 0 Å². The van der Waals surface area contributed by atoms with Crippen molar-refractivity contribution in [1.29, 1.82) is 0 Å². The predicted octanol–water partition coefficient (Wildman–Crippen LogP) is 2.57. The number of alkyl halides is 2. The van der Waals surface area contributed by atoms with Gasteiger partial charge in [0.25, 0.3) is 5.92 Å². The van der Waals surface area contributed by atoms with Gasteiger partial charge in [0.1, 0.15) is 0 Å². The first kappa shape index (κ1) is 9.37. The first-order valence-corrected chi connectivity index (χ1v) is 4.25. The maximum atomic E-state index is 13.1. The third-order valence-corrected chi connectivity index (χ3v) is 2.40. The third-order valence-electron chi connectivity index (χ3n) is 2.40. The van der Waals surface area contributed by atoms with Gasteiger partial charge < -0.3 is 4.74 Å². The zero-order valence-corrected chi connectivity index (χ0v) is 7.61. The van der Waals surface area contributed by atoms with Crippen LogP contribution in [-0.2, 0) is 12.8 Å². The average molecular weight is 202 g/mol. The van der Waals surface area contributed by atoms with Crippen molar-refractivity contribution in [3.8, 4) is 5.75 Å². The van der Waals surface area contributed by atoms with Crippen molar-refractivity contribution in [3.05, 3.63) is 29.1 Å². The van der Waals surface area contributed by atoms with Crippen LogP contribution in [0.2, 0.25) is 0 Å². The van der Waals surface area contributed by atoms with Crippen molar-refractivity contribution in [2.24, 2.45) is 0 Å². The summed E-state index contributed by atoms with van der Waals surface area (Å²) >= 11 is 0. The summed E-state index contributed by atoms with van der Waals surface area (Å²) < 4.78 is 43.9. The Morgan fingerprint density at radius 1 is 1.29 bits per heavy atom. The van der Waals surface area contributed by atoms with Crippen LogP contribution in [0, 0.1) is 5.82 Å². The molecule has 1 aliphatic rings. The van der Waals surface area contributed by atoms with Crippen LogP contribution >= 0.6 is 0 Å². The van der Waals surface area contributed by atoms with Crippen molar-refractivity contribution < 1.29 is 17.9 Å². The Balaban J connectivity index is 2.52. The molecular formula is C10H9F3O. The fraction of sp³-hybridized carbons (Fsp3) is 0.400. The lowest BCUT2D eigenvalue weighted by Crippen LogP contribution is -2.14. The highest BCUT2D eigenvalue weighted by Crippen LogP contribution is 2.40. The van der Waals surface area contributed by atoms with Crippen LogP contribution in [0.4, 0.5) is 13.2 Å². The molecule has 0 amide bonds. The molecule has 4 heteroatoms. The highest BCUT2D eigenvalue weighted by Gasteiger charge is 2.39. The molecule has 0 N–H and O–H groups in total. The Labute approximate surface area is 79.5 Å². The van der Waals surface area contributed by atoms with Crippen molar-refractivity contribution in [3.63, 3.8) is 0 Å². The summed E-state index contributed by atoms with van der Waals surface area (Å²) in [4.78, 5) is 0. The number of rotatable bonds is 1. The van der Waals surface area contributed by atoms with Gasteiger partial charge in [0, 0.05) is 18.4 Å². The lowest BCUT2D eigenvalue weighted by Gasteiger charge is -2.07. The zero-order chi connectivity index (χ0) is 10.3. The molecule has 1 nitrogen and oxygen atoms in total. The number of fused-ring (bicyclic) bond motifs is 1. The lowest BCUT2D eigenvalue weighted by atomic mass is 10.1. The van der Waals surface area contributed by atoms with E-state index in [0.717, 1.165) is 0 Å². The second-order valence-corrected chi connectivity index (χ2v) is 3.43. The number of halogens is 3. The summed E-state index contributed by atoms with van der Waals surface area (Å²) in [6, 6.07) is 2.56. The van der Waals surface area contributed by atoms with Gasteiger partial charge in [-0.1, -0.05) is 6.07 Å². The summed E-state index contributed by atoms with van der Waals surface area (Å²) in [6.07, 6.45) is -0.748. The van der Waals surface area contributed by atoms with E-state index in [9.17, 15) is 13.2 Å². The van der Waals surface area contributed by atoms with Crippen molar-refractivity contribution >= 4 is 0 Å². The van der Waals surface area contributed by atoms with Gasteiger partial charge in [-0.15, -0.1) is 0 Å². The van der Waals surface area contributed by atoms with E-state index in [1.807, 2.05) is 0 Å². The second kappa shape index (κ2) is 2.90. The highest BCUT2D eigenvalue weighted by molar-refractivity contribution is 5.45. The van der Waals surface area contributed by atoms with Gasteiger partial charge in [-0.05, 0) is 11.6 Å². The molecule has 0 atom stereocenters. The predicted molar refractivity (Wildman–Crippen MR) is 45.3 cm³/mol. The van der Waals surface area contributed by atoms with Crippen molar-refractivity contribution in [1.82, 2.24) is 0 Å². The average Bonchev–Trinajstić information content (AvgIpc) is 2.39. The minimum Gasteiger partial charge on any atom is -0.493 e. The van der Waals surface area contributed by atoms with Gasteiger partial charge in [0.05, 0.1) is 7.11 Å². The molecule has 1 aliphatic carbocycles. The summed E-state index contributed by atoms with van der Waals surface area (Å²) in [5.74, 6) is -3.38. The quantitative estimate of drug-likeness (QED) is 0.680. The molecule has 0 radical (unpaired) electrons. The van der Waals surface area contributed by atoms with Crippen LogP contribution < -0.4 is 4.74 Å². The molecule has 0 bridgehead atoms. The standard InChI is InChI=1S/C10H9F3O/c1-14-9-7-5-10(12,13)4-6(7)2-3-8(9)11/h2-3H,4-5H2,1H3. The van der Waals surface area contributed by atoms with E-state index < -0.39 is 18.2 Å². The Morgan fingerprint density at radius 2 is 2.00 bits per heavy atom. The first-order valence-electron chi connectivity index (χ1n) is 4.25. The molecule has 0 fully saturated rings. The van der Waals surface area contributed by atoms with Crippen LogP contribution in [0.1, 0.15) is 11.1 Å². The van der Waals surface area contributed by atoms with Crippen molar-refractivity contribution in [2.75, 3.05) is 7.11 Å². The second-order valence-electron chi connectivity index (χ2n) is 3.43. The van der Waals surface area contributed by atoms with Gasteiger partial charge in [-0.2, -0.15) is 0 Å². The normalized spacial score (nSPS) is 18.0. The number of methoxy groups -OCH3 is 1. The molecule has 0 unspecified atom stereocenters. The van der Waals surface area contributed by atoms with E-state index in [-0.39, 0.29) is 12.2 Å². The summed E-state index contributed by atoms with van der Waals surface area (Å²) in [7, 11) is 1.29. The maximum Gasteiger partial charge on any atom is 0.256 e. The van der Waals surface area contributed by atoms with Crippen LogP contribution in [-0.4, -0.2) is 13.0 Å². The van der Waals surface area contributed by atoms with Gasteiger partial charge in [-0.3, -0.25) is 0 Å². The van der Waals surface area contributed by atoms with E-state index in [4.69, 9.17) is 4.74 Å². The minimum atomic E-state index is -2.76. The van der Waals surface area contributed by atoms with Crippen LogP contribution in [0.25, 0.3) is 0 Å². The highest BCUT2D eigenvalue weighted by atomic mass is 19.3. The molecule has 14 heavy (non-hydrogen) atoms. The van der Waals surface area contributed by atoms with Gasteiger partial charge in [0.15, 0.2) is 11.6 Å². The molecule has 76 valence electrons. The molecule has 0 heterocycles. The van der Waals surface area contributed by atoms with Gasteiger partial charge >= 0.3 is 0 Å². The van der Waals surface area contributed by atoms with E-state index in [1.165, 1.54) is 19.2 Å². The molecule has 2 rings (SSSR count). The van der Waals surface area contributed by atoms with Crippen LogP contribution in [0.5, 0.6) is 5.75 Å². The lowest BCUT2D eigenvalue weighted by molar-refractivity contribution is 0.0127. The number of ether oxygens (including phenoxy) is 1. The smallest absolute Gasteiger partial charge is 0.256 e. The number of benzene rings is 1. The fourth-order valence-electron chi connectivity index (χ4n) is 1.82. The Morgan fingerprint density at radius 3 is 2.64 bits per heavy atom. The van der Waals surface area contributed by atoms with E-state index in [0.29, 0.717) is 11.1 Å². The van der Waals surface area contributed by atoms with Gasteiger partial charge in [-0.25, -0.2) is 13.2 Å². The largest absolute Gasteiger partial charge is 0.493 e. The third kappa shape index (κ3) is 1.35. The first-order chi connectivity index (χ1) is 6.53. The molecule has 0 aromatic heterocycles. The Kier molecular flexibility index (Phi) is 1.94. The molecule has 0 saturated carbocycles. The summed E-state index contributed by atoms with van der Waals surface area (Å²) in [5.41, 5.74) is 0.783. The molecule has 1 aromatic carbocycles. The molecule has 1 aromatic rings. The SMILES string of the molecule is COc1c(F)ccc2c1CC(F)(F)C2. The summed E-state index contributed by atoms with van der Waals surface area (Å²) in [6.45, 7) is 0. The van der Waals surface area contributed by atoms with Gasteiger partial charge in [0.2, 0.25) is 0 Å². The maximum absolute atomic E-state index is 13.1. The number of hydrogen-bond acceptors (Lipinski definition) is 1. The molecular weight excluding hydrogens is 193 g/mol. The number of hydrogen-bond donors (Lipinski definition) is 0. The molecule has 0 saturated heterocycles. The monoisotopic (exact) mass is 202 g/mol. The van der Waals surface area contributed by atoms with Crippen molar-refractivity contribution in [2.45, 2.75) is 18.8 Å². The molecule has 0 aliphatic heterocycles.